The van der Waals surface area contributed by atoms with Gasteiger partial charge in [0, 0.05) is 4.88 Å². The normalized spacial score (nSPS) is 17.8. The Bertz CT molecular complexity index is 1340. The van der Waals surface area contributed by atoms with E-state index in [1.807, 2.05) is 38.1 Å². The Morgan fingerprint density at radius 1 is 1.21 bits per heavy atom. The van der Waals surface area contributed by atoms with Gasteiger partial charge in [-0.3, -0.25) is 14.2 Å². The molecule has 1 atom stereocenters. The second-order valence-electron chi connectivity index (χ2n) is 9.41. The second kappa shape index (κ2) is 9.20. The van der Waals surface area contributed by atoms with Crippen LogP contribution in [0, 0.1) is 18.3 Å². The van der Waals surface area contributed by atoms with Gasteiger partial charge in [0.05, 0.1) is 22.4 Å². The van der Waals surface area contributed by atoms with Crippen LogP contribution in [0.2, 0.25) is 0 Å². The van der Waals surface area contributed by atoms with E-state index < -0.39 is 10.8 Å². The number of benzene rings is 1. The zero-order chi connectivity index (χ0) is 23.9. The number of thioether (sulfide) groups is 1. The van der Waals surface area contributed by atoms with Crippen LogP contribution in [-0.4, -0.2) is 26.2 Å². The number of hydrogen-bond acceptors (Lipinski definition) is 6. The Kier molecular flexibility index (Phi) is 6.26. The molecule has 2 aromatic heterocycles. The monoisotopic (exact) mass is 492 g/mol. The van der Waals surface area contributed by atoms with Gasteiger partial charge in [-0.25, -0.2) is 4.98 Å². The highest BCUT2D eigenvalue weighted by molar-refractivity contribution is 8.00. The van der Waals surface area contributed by atoms with Gasteiger partial charge in [0.2, 0.25) is 5.91 Å². The zero-order valence-corrected chi connectivity index (χ0v) is 21.2. The van der Waals surface area contributed by atoms with Crippen LogP contribution in [0.4, 0.5) is 0 Å². The lowest BCUT2D eigenvalue weighted by atomic mass is 9.83. The lowest BCUT2D eigenvalue weighted by Crippen LogP contribution is -2.51. The zero-order valence-electron chi connectivity index (χ0n) is 19.5. The number of rotatable bonds is 5. The van der Waals surface area contributed by atoms with E-state index in [-0.39, 0.29) is 11.5 Å². The van der Waals surface area contributed by atoms with E-state index in [0.717, 1.165) is 65.6 Å². The minimum Gasteiger partial charge on any atom is -0.337 e. The van der Waals surface area contributed by atoms with E-state index in [4.69, 9.17) is 4.98 Å². The highest BCUT2D eigenvalue weighted by Crippen LogP contribution is 2.37. The third kappa shape index (κ3) is 4.16. The lowest BCUT2D eigenvalue weighted by Gasteiger charge is -2.32. The highest BCUT2D eigenvalue weighted by atomic mass is 32.2. The van der Waals surface area contributed by atoms with Crippen LogP contribution in [0.1, 0.15) is 61.5 Å². The smallest absolute Gasteiger partial charge is 0.267 e. The van der Waals surface area contributed by atoms with Crippen LogP contribution in [0.5, 0.6) is 0 Å². The number of carbonyl (C=O) groups excluding carboxylic acids is 1. The van der Waals surface area contributed by atoms with Crippen molar-refractivity contribution in [3.05, 3.63) is 50.6 Å². The first kappa shape index (κ1) is 23.1. The molecule has 8 heteroatoms. The van der Waals surface area contributed by atoms with Gasteiger partial charge in [-0.05, 0) is 63.6 Å². The molecule has 1 N–H and O–H groups in total. The van der Waals surface area contributed by atoms with Crippen LogP contribution >= 0.6 is 23.1 Å². The van der Waals surface area contributed by atoms with Crippen molar-refractivity contribution in [3.8, 4) is 11.8 Å². The van der Waals surface area contributed by atoms with Crippen molar-refractivity contribution in [3.63, 3.8) is 0 Å². The molecular formula is C26H28N4O2S2. The van der Waals surface area contributed by atoms with Crippen molar-refractivity contribution in [2.45, 2.75) is 81.2 Å². The largest absolute Gasteiger partial charge is 0.337 e. The van der Waals surface area contributed by atoms with E-state index in [1.165, 1.54) is 16.6 Å². The Hall–Kier alpha value is -2.63. The van der Waals surface area contributed by atoms with Gasteiger partial charge in [0.1, 0.15) is 10.4 Å². The maximum atomic E-state index is 13.8. The van der Waals surface area contributed by atoms with E-state index in [0.29, 0.717) is 18.0 Å². The molecule has 0 saturated heterocycles. The summed E-state index contributed by atoms with van der Waals surface area (Å²) >= 11 is 2.89. The first-order chi connectivity index (χ1) is 16.4. The van der Waals surface area contributed by atoms with Gasteiger partial charge in [-0.2, -0.15) is 5.26 Å². The molecule has 1 saturated carbocycles. The summed E-state index contributed by atoms with van der Waals surface area (Å²) < 4.78 is 1.65. The molecule has 1 amide bonds. The average molecular weight is 493 g/mol. The summed E-state index contributed by atoms with van der Waals surface area (Å²) in [4.78, 5) is 33.9. The van der Waals surface area contributed by atoms with Crippen molar-refractivity contribution in [1.29, 1.82) is 5.26 Å². The molecule has 2 aliphatic carbocycles. The summed E-state index contributed by atoms with van der Waals surface area (Å²) in [5.41, 5.74) is 2.16. The Balaban J connectivity index is 1.52. The van der Waals surface area contributed by atoms with E-state index in [1.54, 1.807) is 15.9 Å². The molecule has 1 unspecified atom stereocenters. The molecule has 0 radical (unpaired) electrons. The third-order valence-electron chi connectivity index (χ3n) is 6.94. The van der Waals surface area contributed by atoms with Crippen molar-refractivity contribution < 1.29 is 4.79 Å². The Morgan fingerprint density at radius 2 is 1.94 bits per heavy atom. The van der Waals surface area contributed by atoms with E-state index >= 15 is 0 Å². The van der Waals surface area contributed by atoms with Crippen LogP contribution in [0.15, 0.2) is 34.2 Å². The number of fused-ring (bicyclic) bond motifs is 3. The van der Waals surface area contributed by atoms with Crippen molar-refractivity contribution in [1.82, 2.24) is 14.9 Å². The third-order valence-corrected chi connectivity index (χ3v) is 9.17. The molecular weight excluding hydrogens is 464 g/mol. The first-order valence-corrected chi connectivity index (χ1v) is 13.6. The topological polar surface area (TPSA) is 87.8 Å². The fraction of sp³-hybridized carbons (Fsp3) is 0.462. The van der Waals surface area contributed by atoms with Crippen molar-refractivity contribution in [2.75, 3.05) is 0 Å². The highest BCUT2D eigenvalue weighted by Gasteiger charge is 2.35. The quantitative estimate of drug-likeness (QED) is 0.397. The number of aromatic nitrogens is 2. The number of nitrogens with zero attached hydrogens (tertiary/aromatic N) is 3. The molecule has 3 aromatic rings. The molecule has 0 spiro atoms. The Morgan fingerprint density at radius 3 is 2.65 bits per heavy atom. The van der Waals surface area contributed by atoms with Crippen LogP contribution in [0.3, 0.4) is 0 Å². The number of nitrogens with one attached hydrogen (secondary N) is 1. The van der Waals surface area contributed by atoms with Gasteiger partial charge in [0.25, 0.3) is 5.56 Å². The summed E-state index contributed by atoms with van der Waals surface area (Å²) in [5, 5.41) is 13.5. The van der Waals surface area contributed by atoms with Gasteiger partial charge < -0.3 is 5.32 Å². The molecule has 6 nitrogen and oxygen atoms in total. The summed E-state index contributed by atoms with van der Waals surface area (Å²) in [6.07, 6.45) is 7.36. The summed E-state index contributed by atoms with van der Waals surface area (Å²) in [7, 11) is 0. The van der Waals surface area contributed by atoms with Crippen molar-refractivity contribution in [2.24, 2.45) is 0 Å². The van der Waals surface area contributed by atoms with Gasteiger partial charge in [-0.15, -0.1) is 11.3 Å². The van der Waals surface area contributed by atoms with Crippen molar-refractivity contribution >= 4 is 39.2 Å². The molecule has 2 heterocycles. The number of carbonyl (C=O) groups is 1. The predicted octanol–water partition coefficient (Wildman–Crippen LogP) is 5.07. The fourth-order valence-electron chi connectivity index (χ4n) is 4.99. The molecule has 1 aromatic carbocycles. The van der Waals surface area contributed by atoms with E-state index in [9.17, 15) is 14.9 Å². The number of nitriles is 1. The summed E-state index contributed by atoms with van der Waals surface area (Å²) in [6.45, 7) is 3.83. The predicted molar refractivity (Wildman–Crippen MR) is 137 cm³/mol. The standard InChI is InChI=1S/C26H28N4O2S2/c1-16-9-11-18(12-10-16)30-24(32)21-19-7-6-8-20(19)34-23(21)28-25(30)33-17(2)22(31)29-26(15-27)13-4-3-5-14-26/h9-12,17H,3-8,13-14H2,1-2H3,(H,29,31). The summed E-state index contributed by atoms with van der Waals surface area (Å²) in [5.74, 6) is -0.188. The molecule has 2 aliphatic rings. The number of hydrogen-bond donors (Lipinski definition) is 1. The molecule has 1 fully saturated rings. The van der Waals surface area contributed by atoms with Crippen LogP contribution in [0.25, 0.3) is 15.9 Å². The minimum atomic E-state index is -0.785. The summed E-state index contributed by atoms with van der Waals surface area (Å²) in [6, 6.07) is 10.2. The first-order valence-electron chi connectivity index (χ1n) is 11.9. The molecule has 0 aliphatic heterocycles. The minimum absolute atomic E-state index is 0.0656. The van der Waals surface area contributed by atoms with Gasteiger partial charge in [-0.1, -0.05) is 48.7 Å². The maximum absolute atomic E-state index is 13.8. The average Bonchev–Trinajstić information content (AvgIpc) is 3.42. The lowest BCUT2D eigenvalue weighted by molar-refractivity contribution is -0.121. The Labute approximate surface area is 207 Å². The number of thiophene rings is 1. The number of amides is 1. The van der Waals surface area contributed by atoms with Crippen LogP contribution < -0.4 is 10.9 Å². The van der Waals surface area contributed by atoms with Gasteiger partial charge >= 0.3 is 0 Å². The molecule has 5 rings (SSSR count). The second-order valence-corrected chi connectivity index (χ2v) is 11.8. The van der Waals surface area contributed by atoms with E-state index in [2.05, 4.69) is 11.4 Å². The maximum Gasteiger partial charge on any atom is 0.267 e. The fourth-order valence-corrected chi connectivity index (χ4v) is 7.22. The number of aryl methyl sites for hydroxylation is 3. The van der Waals surface area contributed by atoms with Gasteiger partial charge in [0.15, 0.2) is 5.16 Å². The van der Waals surface area contributed by atoms with Crippen LogP contribution in [-0.2, 0) is 17.6 Å². The molecule has 0 bridgehead atoms. The molecule has 34 heavy (non-hydrogen) atoms. The SMILES string of the molecule is Cc1ccc(-n2c(SC(C)C(=O)NC3(C#N)CCCCC3)nc3sc4c(c3c2=O)CCC4)cc1. The molecule has 176 valence electrons.